The molecule has 0 fully saturated rings. The second-order valence-electron chi connectivity index (χ2n) is 5.85. The van der Waals surface area contributed by atoms with Gasteiger partial charge in [-0.05, 0) is 32.0 Å². The number of nitrogens with one attached hydrogen (secondary N) is 1. The lowest BCUT2D eigenvalue weighted by Gasteiger charge is -2.13. The molecule has 1 aliphatic heterocycles. The van der Waals surface area contributed by atoms with Gasteiger partial charge in [0.2, 0.25) is 6.79 Å². The topological polar surface area (TPSA) is 69.2 Å². The van der Waals surface area contributed by atoms with E-state index in [1.807, 2.05) is 44.2 Å². The second kappa shape index (κ2) is 6.39. The number of aromatic nitrogens is 3. The first-order valence-corrected chi connectivity index (χ1v) is 8.09. The Morgan fingerprint density at radius 1 is 1.04 bits per heavy atom. The van der Waals surface area contributed by atoms with E-state index >= 15 is 0 Å². The van der Waals surface area contributed by atoms with E-state index in [-0.39, 0.29) is 6.79 Å². The number of ether oxygens (including phenoxy) is 2. The fourth-order valence-electron chi connectivity index (χ4n) is 2.74. The maximum atomic E-state index is 5.56. The number of fused-ring (bicyclic) bond motifs is 1. The molecule has 0 amide bonds. The van der Waals surface area contributed by atoms with Gasteiger partial charge >= 0.3 is 0 Å². The summed E-state index contributed by atoms with van der Waals surface area (Å²) in [5, 5.41) is 3.41. The van der Waals surface area contributed by atoms with Gasteiger partial charge in [0.05, 0.1) is 0 Å². The molecule has 0 spiro atoms. The first kappa shape index (κ1) is 15.4. The maximum Gasteiger partial charge on any atom is 0.231 e. The van der Waals surface area contributed by atoms with Gasteiger partial charge in [0, 0.05) is 41.3 Å². The van der Waals surface area contributed by atoms with E-state index < -0.39 is 0 Å². The smallest absolute Gasteiger partial charge is 0.231 e. The Kier molecular flexibility index (Phi) is 3.93. The number of para-hydroxylation sites is 1. The van der Waals surface area contributed by atoms with Crippen molar-refractivity contribution in [3.8, 4) is 22.9 Å². The molecule has 6 nitrogen and oxygen atoms in total. The van der Waals surface area contributed by atoms with Crippen LogP contribution in [0.15, 0.2) is 42.7 Å². The molecule has 4 rings (SSSR count). The summed E-state index contributed by atoms with van der Waals surface area (Å²) in [6.45, 7) is 4.87. The highest BCUT2D eigenvalue weighted by atomic mass is 16.7. The number of hydrogen-bond donors (Lipinski definition) is 1. The standard InChI is InChI=1S/C19H18N4O2/c1-12-13(2)22-19(14-6-8-20-9-7-14)23-18(12)21-10-15-4-3-5-16-17(15)25-11-24-16/h3-9H,10-11H2,1-2H3,(H,21,22,23). The molecule has 126 valence electrons. The number of hydrogen-bond acceptors (Lipinski definition) is 6. The van der Waals surface area contributed by atoms with Gasteiger partial charge in [0.25, 0.3) is 0 Å². The average molecular weight is 334 g/mol. The molecule has 3 heterocycles. The van der Waals surface area contributed by atoms with Crippen LogP contribution in [-0.4, -0.2) is 21.7 Å². The van der Waals surface area contributed by atoms with Crippen LogP contribution in [0.5, 0.6) is 11.5 Å². The van der Waals surface area contributed by atoms with Gasteiger partial charge in [0.15, 0.2) is 17.3 Å². The van der Waals surface area contributed by atoms with Gasteiger partial charge in [-0.2, -0.15) is 0 Å². The van der Waals surface area contributed by atoms with Crippen molar-refractivity contribution in [2.24, 2.45) is 0 Å². The predicted octanol–water partition coefficient (Wildman–Crippen LogP) is 3.50. The normalized spacial score (nSPS) is 12.2. The largest absolute Gasteiger partial charge is 0.454 e. The first-order valence-electron chi connectivity index (χ1n) is 8.09. The third kappa shape index (κ3) is 2.98. The minimum Gasteiger partial charge on any atom is -0.454 e. The molecule has 0 radical (unpaired) electrons. The van der Waals surface area contributed by atoms with Gasteiger partial charge < -0.3 is 14.8 Å². The summed E-state index contributed by atoms with van der Waals surface area (Å²) in [5.41, 5.74) is 3.96. The number of rotatable bonds is 4. The average Bonchev–Trinajstić information content (AvgIpc) is 3.13. The van der Waals surface area contributed by atoms with E-state index in [2.05, 4.69) is 20.3 Å². The highest BCUT2D eigenvalue weighted by Gasteiger charge is 2.17. The Hall–Kier alpha value is -3.15. The molecule has 0 saturated heterocycles. The van der Waals surface area contributed by atoms with Crippen LogP contribution in [0.25, 0.3) is 11.4 Å². The summed E-state index contributed by atoms with van der Waals surface area (Å²) in [5.74, 6) is 3.09. The molecule has 0 atom stereocenters. The van der Waals surface area contributed by atoms with Crippen molar-refractivity contribution in [2.75, 3.05) is 12.1 Å². The van der Waals surface area contributed by atoms with E-state index in [9.17, 15) is 0 Å². The highest BCUT2D eigenvalue weighted by molar-refractivity contribution is 5.59. The fraction of sp³-hybridized carbons (Fsp3) is 0.211. The lowest BCUT2D eigenvalue weighted by Crippen LogP contribution is -2.07. The number of aryl methyl sites for hydroxylation is 1. The van der Waals surface area contributed by atoms with E-state index in [0.717, 1.165) is 39.7 Å². The highest BCUT2D eigenvalue weighted by Crippen LogP contribution is 2.35. The van der Waals surface area contributed by atoms with E-state index in [4.69, 9.17) is 9.47 Å². The Balaban J connectivity index is 1.63. The first-order chi connectivity index (χ1) is 12.2. The Labute approximate surface area is 145 Å². The summed E-state index contributed by atoms with van der Waals surface area (Å²) < 4.78 is 11.0. The molecule has 1 aromatic carbocycles. The molecular formula is C19H18N4O2. The van der Waals surface area contributed by atoms with Gasteiger partial charge in [-0.25, -0.2) is 9.97 Å². The summed E-state index contributed by atoms with van der Waals surface area (Å²) in [6, 6.07) is 9.71. The summed E-state index contributed by atoms with van der Waals surface area (Å²) >= 11 is 0. The summed E-state index contributed by atoms with van der Waals surface area (Å²) in [6.07, 6.45) is 3.48. The van der Waals surface area contributed by atoms with E-state index in [1.165, 1.54) is 0 Å². The van der Waals surface area contributed by atoms with Crippen molar-refractivity contribution in [1.29, 1.82) is 0 Å². The molecule has 0 saturated carbocycles. The van der Waals surface area contributed by atoms with Crippen LogP contribution < -0.4 is 14.8 Å². The Bertz CT molecular complexity index is 913. The third-order valence-corrected chi connectivity index (χ3v) is 4.25. The van der Waals surface area contributed by atoms with Gasteiger partial charge in [-0.1, -0.05) is 12.1 Å². The molecule has 25 heavy (non-hydrogen) atoms. The van der Waals surface area contributed by atoms with Crippen molar-refractivity contribution in [2.45, 2.75) is 20.4 Å². The van der Waals surface area contributed by atoms with Crippen LogP contribution in [0.3, 0.4) is 0 Å². The number of anilines is 1. The molecule has 1 aliphatic rings. The number of nitrogens with zero attached hydrogens (tertiary/aromatic N) is 3. The minimum atomic E-state index is 0.268. The van der Waals surface area contributed by atoms with E-state index in [1.54, 1.807) is 12.4 Å². The monoisotopic (exact) mass is 334 g/mol. The lowest BCUT2D eigenvalue weighted by molar-refractivity contribution is 0.173. The number of benzene rings is 1. The molecule has 6 heteroatoms. The van der Waals surface area contributed by atoms with Gasteiger partial charge in [-0.15, -0.1) is 0 Å². The van der Waals surface area contributed by atoms with Crippen LogP contribution in [0.2, 0.25) is 0 Å². The Morgan fingerprint density at radius 2 is 1.88 bits per heavy atom. The van der Waals surface area contributed by atoms with Crippen LogP contribution in [-0.2, 0) is 6.54 Å². The number of pyridine rings is 1. The fourth-order valence-corrected chi connectivity index (χ4v) is 2.74. The molecule has 1 N–H and O–H groups in total. The second-order valence-corrected chi connectivity index (χ2v) is 5.85. The minimum absolute atomic E-state index is 0.268. The molecule has 0 bridgehead atoms. The van der Waals surface area contributed by atoms with Gasteiger partial charge in [0.1, 0.15) is 5.82 Å². The molecule has 3 aromatic rings. The van der Waals surface area contributed by atoms with Gasteiger partial charge in [-0.3, -0.25) is 4.98 Å². The van der Waals surface area contributed by atoms with Crippen molar-refractivity contribution in [3.05, 3.63) is 59.5 Å². The summed E-state index contributed by atoms with van der Waals surface area (Å²) in [4.78, 5) is 13.3. The molecule has 0 aliphatic carbocycles. The van der Waals surface area contributed by atoms with Crippen LogP contribution >= 0.6 is 0 Å². The SMILES string of the molecule is Cc1nc(-c2ccncc2)nc(NCc2cccc3c2OCO3)c1C. The van der Waals surface area contributed by atoms with Crippen molar-refractivity contribution in [3.63, 3.8) is 0 Å². The van der Waals surface area contributed by atoms with E-state index in [0.29, 0.717) is 12.4 Å². The predicted molar refractivity (Wildman–Crippen MR) is 94.6 cm³/mol. The summed E-state index contributed by atoms with van der Waals surface area (Å²) in [7, 11) is 0. The van der Waals surface area contributed by atoms with Crippen molar-refractivity contribution < 1.29 is 9.47 Å². The molecule has 0 unspecified atom stereocenters. The Morgan fingerprint density at radius 3 is 2.72 bits per heavy atom. The third-order valence-electron chi connectivity index (χ3n) is 4.25. The quantitative estimate of drug-likeness (QED) is 0.787. The van der Waals surface area contributed by atoms with Crippen molar-refractivity contribution >= 4 is 5.82 Å². The lowest BCUT2D eigenvalue weighted by atomic mass is 10.1. The van der Waals surface area contributed by atoms with Crippen molar-refractivity contribution in [1.82, 2.24) is 15.0 Å². The zero-order valence-corrected chi connectivity index (χ0v) is 14.1. The molecular weight excluding hydrogens is 316 g/mol. The zero-order valence-electron chi connectivity index (χ0n) is 14.1. The van der Waals surface area contributed by atoms with Crippen LogP contribution in [0.1, 0.15) is 16.8 Å². The maximum absolute atomic E-state index is 5.56. The molecule has 2 aromatic heterocycles. The van der Waals surface area contributed by atoms with Crippen LogP contribution in [0, 0.1) is 13.8 Å². The zero-order chi connectivity index (χ0) is 17.2. The van der Waals surface area contributed by atoms with Crippen LogP contribution in [0.4, 0.5) is 5.82 Å².